The number of hydrogen-bond donors (Lipinski definition) is 0. The lowest BCUT2D eigenvalue weighted by Gasteiger charge is -2.32. The third-order valence-corrected chi connectivity index (χ3v) is 6.75. The van der Waals surface area contributed by atoms with E-state index in [1.165, 1.54) is 0 Å². The van der Waals surface area contributed by atoms with E-state index >= 15 is 0 Å². The summed E-state index contributed by atoms with van der Waals surface area (Å²) in [5.41, 5.74) is -0.659. The summed E-state index contributed by atoms with van der Waals surface area (Å²) in [6.45, 7) is 3.71. The first-order valence-electron chi connectivity index (χ1n) is 10.6. The van der Waals surface area contributed by atoms with Crippen LogP contribution >= 0.6 is 22.6 Å². The summed E-state index contributed by atoms with van der Waals surface area (Å²) in [5.74, 6) is -1.25. The van der Waals surface area contributed by atoms with Gasteiger partial charge in [-0.2, -0.15) is 8.78 Å². The SMILES string of the molecule is CCCC1COC(CCC2CCC(c3cc(F)c(C(F)(F)I)c(F)c3)CC2)OC1. The molecule has 1 aliphatic carbocycles. The number of halogens is 5. The average Bonchev–Trinajstić information content (AvgIpc) is 2.66. The van der Waals surface area contributed by atoms with E-state index < -0.39 is 21.1 Å². The van der Waals surface area contributed by atoms with Gasteiger partial charge in [0.05, 0.1) is 13.2 Å². The third kappa shape index (κ3) is 6.29. The zero-order valence-electron chi connectivity index (χ0n) is 16.7. The Morgan fingerprint density at radius 2 is 1.52 bits per heavy atom. The molecule has 0 bridgehead atoms. The first-order valence-corrected chi connectivity index (χ1v) is 11.6. The molecule has 1 aromatic rings. The molecule has 164 valence electrons. The van der Waals surface area contributed by atoms with Gasteiger partial charge in [0.1, 0.15) is 17.2 Å². The van der Waals surface area contributed by atoms with Crippen LogP contribution in [0.1, 0.15) is 75.3 Å². The van der Waals surface area contributed by atoms with E-state index in [4.69, 9.17) is 9.47 Å². The van der Waals surface area contributed by atoms with Crippen molar-refractivity contribution >= 4 is 22.6 Å². The number of benzene rings is 1. The molecule has 0 N–H and O–H groups in total. The zero-order chi connectivity index (χ0) is 21.0. The van der Waals surface area contributed by atoms with Crippen LogP contribution in [0.4, 0.5) is 17.6 Å². The van der Waals surface area contributed by atoms with Gasteiger partial charge < -0.3 is 9.47 Å². The third-order valence-electron chi connectivity index (χ3n) is 6.21. The molecule has 1 aliphatic heterocycles. The van der Waals surface area contributed by atoms with E-state index in [9.17, 15) is 17.6 Å². The van der Waals surface area contributed by atoms with Crippen molar-refractivity contribution in [1.29, 1.82) is 0 Å². The molecule has 0 spiro atoms. The predicted octanol–water partition coefficient (Wildman–Crippen LogP) is 7.29. The molecular weight excluding hydrogens is 499 g/mol. The summed E-state index contributed by atoms with van der Waals surface area (Å²) >= 11 is 0.761. The highest BCUT2D eigenvalue weighted by atomic mass is 127. The fourth-order valence-corrected chi connectivity index (χ4v) is 5.10. The smallest absolute Gasteiger partial charge is 0.327 e. The van der Waals surface area contributed by atoms with Crippen LogP contribution < -0.4 is 0 Å². The van der Waals surface area contributed by atoms with Gasteiger partial charge in [0.25, 0.3) is 0 Å². The Kier molecular flexibility index (Phi) is 8.23. The summed E-state index contributed by atoms with van der Waals surface area (Å²) in [6, 6.07) is 2.18. The van der Waals surface area contributed by atoms with Crippen molar-refractivity contribution < 1.29 is 27.0 Å². The van der Waals surface area contributed by atoms with Gasteiger partial charge in [0.2, 0.25) is 0 Å². The maximum Gasteiger partial charge on any atom is 0.327 e. The Labute approximate surface area is 183 Å². The van der Waals surface area contributed by atoms with Crippen LogP contribution in [0, 0.1) is 23.5 Å². The van der Waals surface area contributed by atoms with Crippen LogP contribution in [0.5, 0.6) is 0 Å². The van der Waals surface area contributed by atoms with E-state index in [0.717, 1.165) is 99.3 Å². The largest absolute Gasteiger partial charge is 0.352 e. The van der Waals surface area contributed by atoms with Crippen molar-refractivity contribution in [2.45, 2.75) is 74.4 Å². The van der Waals surface area contributed by atoms with Crippen molar-refractivity contribution in [2.24, 2.45) is 11.8 Å². The van der Waals surface area contributed by atoms with Crippen molar-refractivity contribution in [3.05, 3.63) is 34.9 Å². The standard InChI is InChI=1S/C22H29F4IO2/c1-2-3-15-12-28-20(29-13-15)9-6-14-4-7-16(8-5-14)17-10-18(23)21(19(24)11-17)22(25,26)27/h10-11,14-16,20H,2-9,12-13H2,1H3. The molecule has 2 aliphatic rings. The minimum Gasteiger partial charge on any atom is -0.352 e. The van der Waals surface area contributed by atoms with E-state index in [2.05, 4.69) is 6.92 Å². The zero-order valence-corrected chi connectivity index (χ0v) is 18.9. The Balaban J connectivity index is 1.46. The van der Waals surface area contributed by atoms with E-state index in [1.807, 2.05) is 0 Å². The van der Waals surface area contributed by atoms with Crippen LogP contribution in [0.15, 0.2) is 12.1 Å². The molecule has 3 rings (SSSR count). The molecule has 0 unspecified atom stereocenters. The molecule has 29 heavy (non-hydrogen) atoms. The van der Waals surface area contributed by atoms with Crippen LogP contribution in [0.25, 0.3) is 0 Å². The van der Waals surface area contributed by atoms with Crippen LogP contribution in [0.3, 0.4) is 0 Å². The van der Waals surface area contributed by atoms with Gasteiger partial charge in [-0.05, 0) is 74.5 Å². The van der Waals surface area contributed by atoms with Gasteiger partial charge >= 0.3 is 3.93 Å². The molecule has 1 saturated heterocycles. The number of hydrogen-bond acceptors (Lipinski definition) is 2. The van der Waals surface area contributed by atoms with E-state index in [-0.39, 0.29) is 12.2 Å². The topological polar surface area (TPSA) is 18.5 Å². The van der Waals surface area contributed by atoms with Crippen molar-refractivity contribution in [1.82, 2.24) is 0 Å². The maximum atomic E-state index is 14.1. The molecule has 1 saturated carbocycles. The van der Waals surface area contributed by atoms with Gasteiger partial charge in [-0.25, -0.2) is 8.78 Å². The summed E-state index contributed by atoms with van der Waals surface area (Å²) in [7, 11) is 0. The molecule has 0 atom stereocenters. The van der Waals surface area contributed by atoms with Crippen LogP contribution in [-0.2, 0) is 13.4 Å². The molecule has 0 radical (unpaired) electrons. The van der Waals surface area contributed by atoms with Crippen molar-refractivity contribution in [3.63, 3.8) is 0 Å². The highest BCUT2D eigenvalue weighted by Gasteiger charge is 2.35. The lowest BCUT2D eigenvalue weighted by Crippen LogP contribution is -2.32. The molecule has 1 aromatic carbocycles. The van der Waals surface area contributed by atoms with Gasteiger partial charge in [-0.15, -0.1) is 0 Å². The molecule has 0 aromatic heterocycles. The molecule has 7 heteroatoms. The quantitative estimate of drug-likeness (QED) is 0.210. The lowest BCUT2D eigenvalue weighted by atomic mass is 9.77. The first-order chi connectivity index (χ1) is 13.8. The highest BCUT2D eigenvalue weighted by molar-refractivity contribution is 14.1. The molecule has 0 amide bonds. The van der Waals surface area contributed by atoms with Gasteiger partial charge in [-0.3, -0.25) is 0 Å². The maximum absolute atomic E-state index is 14.1. The van der Waals surface area contributed by atoms with E-state index in [0.29, 0.717) is 17.4 Å². The average molecular weight is 528 g/mol. The minimum absolute atomic E-state index is 0.0177. The summed E-state index contributed by atoms with van der Waals surface area (Å²) in [5, 5.41) is 0. The molecule has 1 heterocycles. The second-order valence-corrected chi connectivity index (χ2v) is 9.76. The summed E-state index contributed by atoms with van der Waals surface area (Å²) < 4.78 is 63.0. The first kappa shape index (κ1) is 23.3. The second kappa shape index (κ2) is 10.3. The summed E-state index contributed by atoms with van der Waals surface area (Å²) in [4.78, 5) is 0. The predicted molar refractivity (Wildman–Crippen MR) is 112 cm³/mol. The van der Waals surface area contributed by atoms with Crippen molar-refractivity contribution in [2.75, 3.05) is 13.2 Å². The van der Waals surface area contributed by atoms with Crippen LogP contribution in [0.2, 0.25) is 0 Å². The van der Waals surface area contributed by atoms with Crippen LogP contribution in [-0.4, -0.2) is 19.5 Å². The molecule has 2 nitrogen and oxygen atoms in total. The Morgan fingerprint density at radius 3 is 2.03 bits per heavy atom. The fourth-order valence-electron chi connectivity index (χ4n) is 4.58. The number of rotatable bonds is 7. The summed E-state index contributed by atoms with van der Waals surface area (Å²) in [6.07, 6.45) is 7.59. The van der Waals surface area contributed by atoms with Gasteiger partial charge in [-0.1, -0.05) is 13.3 Å². The van der Waals surface area contributed by atoms with Gasteiger partial charge in [0, 0.05) is 28.5 Å². The minimum atomic E-state index is -3.55. The molecule has 2 fully saturated rings. The Hall–Kier alpha value is -0.410. The van der Waals surface area contributed by atoms with Crippen molar-refractivity contribution in [3.8, 4) is 0 Å². The van der Waals surface area contributed by atoms with E-state index in [1.54, 1.807) is 0 Å². The number of ether oxygens (including phenoxy) is 2. The molecular formula is C22H29F4IO2. The normalized spacial score (nSPS) is 28.5. The second-order valence-electron chi connectivity index (χ2n) is 8.40. The fraction of sp³-hybridized carbons (Fsp3) is 0.727. The monoisotopic (exact) mass is 528 g/mol. The number of alkyl halides is 3. The Morgan fingerprint density at radius 1 is 0.931 bits per heavy atom. The van der Waals surface area contributed by atoms with Gasteiger partial charge in [0.15, 0.2) is 6.29 Å². The lowest BCUT2D eigenvalue weighted by molar-refractivity contribution is -0.205. The highest BCUT2D eigenvalue weighted by Crippen LogP contribution is 2.42. The Bertz CT molecular complexity index is 640.